The number of pyridine rings is 1. The van der Waals surface area contributed by atoms with Crippen LogP contribution < -0.4 is 4.74 Å². The van der Waals surface area contributed by atoms with Gasteiger partial charge in [0.2, 0.25) is 9.45 Å². The summed E-state index contributed by atoms with van der Waals surface area (Å²) in [6.07, 6.45) is -8.36. The first-order valence-corrected chi connectivity index (χ1v) is 5.08. The summed E-state index contributed by atoms with van der Waals surface area (Å²) in [5.74, 6) is -2.65. The highest BCUT2D eigenvalue weighted by Crippen LogP contribution is 2.35. The second-order valence-corrected chi connectivity index (χ2v) is 3.82. The number of nitrogens with zero attached hydrogens (tertiary/aromatic N) is 2. The second kappa shape index (κ2) is 5.16. The van der Waals surface area contributed by atoms with E-state index in [1.807, 2.05) is 0 Å². The highest BCUT2D eigenvalue weighted by atomic mass is 127. The number of aromatic nitrogens is 1. The van der Waals surface area contributed by atoms with E-state index in [1.54, 1.807) is 0 Å². The average molecular weight is 384 g/mol. The van der Waals surface area contributed by atoms with Gasteiger partial charge < -0.3 is 14.9 Å². The van der Waals surface area contributed by atoms with Gasteiger partial charge in [0.15, 0.2) is 0 Å². The highest BCUT2D eigenvalue weighted by molar-refractivity contribution is 14.1. The van der Waals surface area contributed by atoms with Crippen molar-refractivity contribution in [1.82, 2.24) is 4.98 Å². The molecule has 0 spiro atoms. The highest BCUT2D eigenvalue weighted by Gasteiger charge is 2.36. The molecule has 0 bridgehead atoms. The van der Waals surface area contributed by atoms with Crippen LogP contribution in [0.25, 0.3) is 0 Å². The third-order valence-corrected chi connectivity index (χ3v) is 2.45. The topological polar surface area (TPSA) is 65.3 Å². The predicted octanol–water partition coefficient (Wildman–Crippen LogP) is 3.43. The van der Waals surface area contributed by atoms with E-state index in [4.69, 9.17) is 0 Å². The molecule has 0 fully saturated rings. The van der Waals surface area contributed by atoms with E-state index < -0.39 is 38.5 Å². The molecule has 0 aliphatic heterocycles. The molecular weight excluding hydrogens is 382 g/mol. The lowest BCUT2D eigenvalue weighted by Gasteiger charge is -2.10. The van der Waals surface area contributed by atoms with E-state index >= 15 is 0 Å². The lowest BCUT2D eigenvalue weighted by Crippen LogP contribution is -2.19. The maximum absolute atomic E-state index is 12.4. The summed E-state index contributed by atoms with van der Waals surface area (Å²) < 4.78 is 63.5. The van der Waals surface area contributed by atoms with Crippen LogP contribution >= 0.6 is 22.6 Å². The maximum Gasteiger partial charge on any atom is 0.573 e. The number of alkyl halides is 5. The van der Waals surface area contributed by atoms with Gasteiger partial charge in [0.25, 0.3) is 6.43 Å². The number of hydrogen-bond donors (Lipinski definition) is 0. The molecule has 0 unspecified atom stereocenters. The Labute approximate surface area is 109 Å². The summed E-state index contributed by atoms with van der Waals surface area (Å²) in [7, 11) is 0. The largest absolute Gasteiger partial charge is 0.573 e. The minimum absolute atomic E-state index is 0.255. The van der Waals surface area contributed by atoms with Gasteiger partial charge in [-0.25, -0.2) is 8.78 Å². The Morgan fingerprint density at radius 2 is 2.00 bits per heavy atom. The van der Waals surface area contributed by atoms with E-state index in [0.29, 0.717) is 0 Å². The van der Waals surface area contributed by atoms with Gasteiger partial charge in [-0.05, 0) is 9.91 Å². The summed E-state index contributed by atoms with van der Waals surface area (Å²) >= 11 is 1.26. The van der Waals surface area contributed by atoms with Crippen LogP contribution in [0.1, 0.15) is 12.0 Å². The second-order valence-electron chi connectivity index (χ2n) is 2.80. The van der Waals surface area contributed by atoms with E-state index in [0.717, 1.165) is 0 Å². The molecule has 0 aromatic carbocycles. The predicted molar refractivity (Wildman–Crippen MR) is 55.2 cm³/mol. The molecule has 0 amide bonds. The summed E-state index contributed by atoms with van der Waals surface area (Å²) in [5, 5.41) is 10.4. The molecule has 1 aromatic heterocycles. The Balaban J connectivity index is 3.35. The number of nitro groups is 1. The van der Waals surface area contributed by atoms with Gasteiger partial charge in [-0.2, -0.15) is 0 Å². The Morgan fingerprint density at radius 1 is 1.44 bits per heavy atom. The van der Waals surface area contributed by atoms with Crippen molar-refractivity contribution in [3.8, 4) is 5.75 Å². The minimum atomic E-state index is -5.24. The molecule has 0 atom stereocenters. The zero-order chi connectivity index (χ0) is 14.1. The summed E-state index contributed by atoms with van der Waals surface area (Å²) in [6, 6.07) is 0.255. The maximum atomic E-state index is 12.4. The Bertz CT molecular complexity index is 479. The molecule has 5 nitrogen and oxygen atoms in total. The molecule has 100 valence electrons. The standard InChI is InChI=1S/C7H2F5IN2O3/c8-4(9)2-1-3(18-7(10,11)12)6(15(16)17)14-5(2)13/h1,4H. The van der Waals surface area contributed by atoms with Crippen LogP contribution in [0.4, 0.5) is 27.8 Å². The smallest absolute Gasteiger partial charge is 0.397 e. The zero-order valence-corrected chi connectivity index (χ0v) is 10.2. The van der Waals surface area contributed by atoms with Gasteiger partial charge in [-0.15, -0.1) is 13.2 Å². The fourth-order valence-electron chi connectivity index (χ4n) is 0.962. The van der Waals surface area contributed by atoms with Crippen LogP contribution in [0.5, 0.6) is 5.75 Å². The van der Waals surface area contributed by atoms with Crippen LogP contribution in [0.3, 0.4) is 0 Å². The van der Waals surface area contributed by atoms with Crippen molar-refractivity contribution < 1.29 is 31.6 Å². The molecule has 0 aliphatic carbocycles. The van der Waals surface area contributed by atoms with Crippen molar-refractivity contribution in [2.75, 3.05) is 0 Å². The van der Waals surface area contributed by atoms with Crippen LogP contribution in [-0.2, 0) is 0 Å². The normalized spacial score (nSPS) is 11.7. The summed E-state index contributed by atoms with van der Waals surface area (Å²) in [6.45, 7) is 0. The van der Waals surface area contributed by atoms with Crippen molar-refractivity contribution in [3.05, 3.63) is 25.4 Å². The third kappa shape index (κ3) is 3.61. The van der Waals surface area contributed by atoms with Gasteiger partial charge in [0.05, 0.1) is 5.56 Å². The molecule has 0 aliphatic rings. The molecule has 1 heterocycles. The van der Waals surface area contributed by atoms with E-state index in [1.165, 1.54) is 22.6 Å². The fourth-order valence-corrected chi connectivity index (χ4v) is 1.58. The van der Waals surface area contributed by atoms with E-state index in [2.05, 4.69) is 9.72 Å². The van der Waals surface area contributed by atoms with Crippen LogP contribution in [0.15, 0.2) is 6.07 Å². The summed E-state index contributed by atoms with van der Waals surface area (Å²) in [5.41, 5.74) is -0.875. The summed E-state index contributed by atoms with van der Waals surface area (Å²) in [4.78, 5) is 12.3. The van der Waals surface area contributed by atoms with Gasteiger partial charge >= 0.3 is 12.2 Å². The fraction of sp³-hybridized carbons (Fsp3) is 0.286. The molecule has 0 saturated heterocycles. The first-order valence-electron chi connectivity index (χ1n) is 4.00. The van der Waals surface area contributed by atoms with Gasteiger partial charge in [0, 0.05) is 28.7 Å². The van der Waals surface area contributed by atoms with Crippen molar-refractivity contribution in [1.29, 1.82) is 0 Å². The molecule has 11 heteroatoms. The SMILES string of the molecule is O=[N+]([O-])c1nc(I)c(C(F)F)cc1OC(F)(F)F. The first kappa shape index (κ1) is 14.8. The molecule has 18 heavy (non-hydrogen) atoms. The number of hydrogen-bond acceptors (Lipinski definition) is 4. The lowest BCUT2D eigenvalue weighted by molar-refractivity contribution is -0.393. The molecule has 1 aromatic rings. The molecular formula is C7H2F5IN2O3. The van der Waals surface area contributed by atoms with Crippen LogP contribution in [0.2, 0.25) is 0 Å². The quantitative estimate of drug-likeness (QED) is 0.263. The molecule has 0 radical (unpaired) electrons. The zero-order valence-electron chi connectivity index (χ0n) is 8.04. The van der Waals surface area contributed by atoms with Gasteiger partial charge in [0.1, 0.15) is 0 Å². The van der Waals surface area contributed by atoms with Gasteiger partial charge in [-0.1, -0.05) is 0 Å². The Morgan fingerprint density at radius 3 is 2.39 bits per heavy atom. The van der Waals surface area contributed by atoms with Crippen molar-refractivity contribution >= 4 is 28.4 Å². The third-order valence-electron chi connectivity index (χ3n) is 1.58. The lowest BCUT2D eigenvalue weighted by atomic mass is 10.3. The van der Waals surface area contributed by atoms with E-state index in [-0.39, 0.29) is 6.07 Å². The monoisotopic (exact) mass is 384 g/mol. The number of halogens is 6. The minimum Gasteiger partial charge on any atom is -0.397 e. The van der Waals surface area contributed by atoms with Crippen LogP contribution in [0, 0.1) is 13.8 Å². The number of ether oxygens (including phenoxy) is 1. The van der Waals surface area contributed by atoms with E-state index in [9.17, 15) is 32.1 Å². The Kier molecular flexibility index (Phi) is 4.24. The Hall–Kier alpha value is -1.27. The van der Waals surface area contributed by atoms with Crippen molar-refractivity contribution in [3.63, 3.8) is 0 Å². The van der Waals surface area contributed by atoms with Crippen LogP contribution in [-0.4, -0.2) is 16.3 Å². The number of rotatable bonds is 3. The van der Waals surface area contributed by atoms with Crippen molar-refractivity contribution in [2.45, 2.75) is 12.8 Å². The first-order chi connectivity index (χ1) is 8.11. The van der Waals surface area contributed by atoms with Gasteiger partial charge in [-0.3, -0.25) is 0 Å². The molecule has 0 saturated carbocycles. The molecule has 0 N–H and O–H groups in total. The van der Waals surface area contributed by atoms with Crippen molar-refractivity contribution in [2.24, 2.45) is 0 Å². The molecule has 1 rings (SSSR count). The average Bonchev–Trinajstić information content (AvgIpc) is 2.17.